The molecule has 1 aliphatic rings. The van der Waals surface area contributed by atoms with Crippen molar-refractivity contribution >= 4 is 32.0 Å². The Balaban J connectivity index is 2.19. The van der Waals surface area contributed by atoms with Crippen LogP contribution in [0.3, 0.4) is 0 Å². The van der Waals surface area contributed by atoms with Gasteiger partial charge in [-0.05, 0) is 24.3 Å². The van der Waals surface area contributed by atoms with Crippen molar-refractivity contribution in [2.75, 3.05) is 6.61 Å². The van der Waals surface area contributed by atoms with Gasteiger partial charge in [-0.3, -0.25) is 4.18 Å². The van der Waals surface area contributed by atoms with E-state index in [1.54, 1.807) is 12.1 Å². The molecule has 1 aliphatic heterocycles. The minimum absolute atomic E-state index is 0.0143. The SMILES string of the molecule is O=C1OCC[C@@H]1OS(=O)(=O)c1ccc(Br)cc1. The molecule has 1 atom stereocenters. The van der Waals surface area contributed by atoms with Crippen LogP contribution in [-0.2, 0) is 23.8 Å². The number of carbonyl (C=O) groups is 1. The van der Waals surface area contributed by atoms with Crippen molar-refractivity contribution in [3.8, 4) is 0 Å². The minimum Gasteiger partial charge on any atom is -0.464 e. The van der Waals surface area contributed by atoms with E-state index in [4.69, 9.17) is 4.18 Å². The van der Waals surface area contributed by atoms with E-state index >= 15 is 0 Å². The van der Waals surface area contributed by atoms with Gasteiger partial charge in [-0.2, -0.15) is 8.42 Å². The zero-order valence-electron chi connectivity index (χ0n) is 8.63. The fraction of sp³-hybridized carbons (Fsp3) is 0.300. The van der Waals surface area contributed by atoms with Crippen LogP contribution in [0.2, 0.25) is 0 Å². The lowest BCUT2D eigenvalue weighted by atomic mass is 10.3. The number of hydrogen-bond acceptors (Lipinski definition) is 5. The Hall–Kier alpha value is -0.920. The second-order valence-corrected chi connectivity index (χ2v) is 5.94. The van der Waals surface area contributed by atoms with Crippen LogP contribution < -0.4 is 0 Å². The molecule has 0 aromatic heterocycles. The maximum atomic E-state index is 11.8. The molecule has 1 saturated heterocycles. The number of benzene rings is 1. The minimum atomic E-state index is -3.92. The molecule has 1 aromatic carbocycles. The van der Waals surface area contributed by atoms with Gasteiger partial charge < -0.3 is 4.74 Å². The molecule has 2 rings (SSSR count). The van der Waals surface area contributed by atoms with Crippen molar-refractivity contribution in [3.05, 3.63) is 28.7 Å². The fourth-order valence-corrected chi connectivity index (χ4v) is 2.70. The summed E-state index contributed by atoms with van der Waals surface area (Å²) in [6.07, 6.45) is -0.766. The standard InChI is InChI=1S/C10H9BrO5S/c11-7-1-3-8(4-2-7)17(13,14)16-9-5-6-15-10(9)12/h1-4,9H,5-6H2/t9-/m0/s1. The molecule has 1 aromatic rings. The van der Waals surface area contributed by atoms with Crippen molar-refractivity contribution in [1.82, 2.24) is 0 Å². The van der Waals surface area contributed by atoms with E-state index < -0.39 is 22.2 Å². The maximum Gasteiger partial charge on any atom is 0.336 e. The molecule has 7 heteroatoms. The van der Waals surface area contributed by atoms with Crippen LogP contribution in [0.4, 0.5) is 0 Å². The number of hydrogen-bond donors (Lipinski definition) is 0. The van der Waals surface area contributed by atoms with Crippen molar-refractivity contribution in [2.24, 2.45) is 0 Å². The Labute approximate surface area is 107 Å². The van der Waals surface area contributed by atoms with Gasteiger partial charge in [0.2, 0.25) is 0 Å². The number of halogens is 1. The number of esters is 1. The first-order chi connectivity index (χ1) is 7.99. The molecule has 0 unspecified atom stereocenters. The highest BCUT2D eigenvalue weighted by Crippen LogP contribution is 2.20. The van der Waals surface area contributed by atoms with Crippen LogP contribution in [0, 0.1) is 0 Å². The second-order valence-electron chi connectivity index (χ2n) is 3.45. The quantitative estimate of drug-likeness (QED) is 0.623. The molecular formula is C10H9BrO5S. The van der Waals surface area contributed by atoms with Gasteiger partial charge in [0.25, 0.3) is 10.1 Å². The molecular weight excluding hydrogens is 312 g/mol. The van der Waals surface area contributed by atoms with E-state index in [0.717, 1.165) is 4.47 Å². The number of ether oxygens (including phenoxy) is 1. The van der Waals surface area contributed by atoms with E-state index in [2.05, 4.69) is 20.7 Å². The number of carbonyl (C=O) groups excluding carboxylic acids is 1. The average Bonchev–Trinajstić information content (AvgIpc) is 2.64. The van der Waals surface area contributed by atoms with Crippen molar-refractivity contribution in [2.45, 2.75) is 17.4 Å². The van der Waals surface area contributed by atoms with Gasteiger partial charge in [-0.25, -0.2) is 4.79 Å². The van der Waals surface area contributed by atoms with Crippen molar-refractivity contribution in [1.29, 1.82) is 0 Å². The Morgan fingerprint density at radius 3 is 2.47 bits per heavy atom. The van der Waals surface area contributed by atoms with Crippen molar-refractivity contribution in [3.63, 3.8) is 0 Å². The normalized spacial score (nSPS) is 20.3. The van der Waals surface area contributed by atoms with E-state index in [-0.39, 0.29) is 17.9 Å². The molecule has 0 radical (unpaired) electrons. The zero-order chi connectivity index (χ0) is 12.5. The summed E-state index contributed by atoms with van der Waals surface area (Å²) in [7, 11) is -3.92. The third-order valence-corrected chi connectivity index (χ3v) is 4.10. The van der Waals surface area contributed by atoms with E-state index in [0.29, 0.717) is 0 Å². The molecule has 0 amide bonds. The third kappa shape index (κ3) is 2.85. The lowest BCUT2D eigenvalue weighted by Gasteiger charge is -2.08. The fourth-order valence-electron chi connectivity index (χ4n) is 1.37. The summed E-state index contributed by atoms with van der Waals surface area (Å²) in [5.74, 6) is -0.634. The van der Waals surface area contributed by atoms with Gasteiger partial charge in [0.1, 0.15) is 0 Å². The van der Waals surface area contributed by atoms with Gasteiger partial charge in [0, 0.05) is 10.9 Å². The lowest BCUT2D eigenvalue weighted by Crippen LogP contribution is -2.22. The predicted octanol–water partition coefficient (Wildman–Crippen LogP) is 1.47. The van der Waals surface area contributed by atoms with Gasteiger partial charge in [-0.1, -0.05) is 15.9 Å². The van der Waals surface area contributed by atoms with Gasteiger partial charge in [-0.15, -0.1) is 0 Å². The van der Waals surface area contributed by atoms with E-state index in [1.165, 1.54) is 12.1 Å². The molecule has 0 spiro atoms. The first-order valence-corrected chi connectivity index (χ1v) is 7.05. The smallest absolute Gasteiger partial charge is 0.336 e. The lowest BCUT2D eigenvalue weighted by molar-refractivity contribution is -0.143. The Morgan fingerprint density at radius 2 is 1.94 bits per heavy atom. The molecule has 1 fully saturated rings. The van der Waals surface area contributed by atoms with Crippen molar-refractivity contribution < 1.29 is 22.1 Å². The van der Waals surface area contributed by atoms with Gasteiger partial charge >= 0.3 is 5.97 Å². The summed E-state index contributed by atoms with van der Waals surface area (Å²) in [5, 5.41) is 0. The maximum absolute atomic E-state index is 11.8. The first-order valence-electron chi connectivity index (χ1n) is 4.84. The molecule has 17 heavy (non-hydrogen) atoms. The summed E-state index contributed by atoms with van der Waals surface area (Å²) in [5.41, 5.74) is 0. The van der Waals surface area contributed by atoms with Crippen LogP contribution in [0.1, 0.15) is 6.42 Å². The summed E-state index contributed by atoms with van der Waals surface area (Å²) < 4.78 is 33.8. The highest BCUT2D eigenvalue weighted by Gasteiger charge is 2.32. The van der Waals surface area contributed by atoms with Gasteiger partial charge in [0.15, 0.2) is 6.10 Å². The third-order valence-electron chi connectivity index (χ3n) is 2.23. The molecule has 0 saturated carbocycles. The second kappa shape index (κ2) is 4.75. The summed E-state index contributed by atoms with van der Waals surface area (Å²) in [6, 6.07) is 5.98. The van der Waals surface area contributed by atoms with Crippen LogP contribution in [-0.4, -0.2) is 27.1 Å². The van der Waals surface area contributed by atoms with E-state index in [9.17, 15) is 13.2 Å². The van der Waals surface area contributed by atoms with Crippen LogP contribution in [0.25, 0.3) is 0 Å². The monoisotopic (exact) mass is 320 g/mol. The summed E-state index contributed by atoms with van der Waals surface area (Å²) >= 11 is 3.20. The Kier molecular flexibility index (Phi) is 3.50. The zero-order valence-corrected chi connectivity index (χ0v) is 11.0. The van der Waals surface area contributed by atoms with Crippen LogP contribution in [0.5, 0.6) is 0 Å². The highest BCUT2D eigenvalue weighted by atomic mass is 79.9. The molecule has 1 heterocycles. The summed E-state index contributed by atoms with van der Waals surface area (Å²) in [4.78, 5) is 11.1. The predicted molar refractivity (Wildman–Crippen MR) is 61.8 cm³/mol. The topological polar surface area (TPSA) is 69.7 Å². The summed E-state index contributed by atoms with van der Waals surface area (Å²) in [6.45, 7) is 0.194. The highest BCUT2D eigenvalue weighted by molar-refractivity contribution is 9.10. The molecule has 0 bridgehead atoms. The average molecular weight is 321 g/mol. The van der Waals surface area contributed by atoms with Gasteiger partial charge in [0.05, 0.1) is 11.5 Å². The molecule has 0 N–H and O–H groups in total. The van der Waals surface area contributed by atoms with E-state index in [1.807, 2.05) is 0 Å². The molecule has 5 nitrogen and oxygen atoms in total. The molecule has 0 aliphatic carbocycles. The van der Waals surface area contributed by atoms with Crippen LogP contribution in [0.15, 0.2) is 33.6 Å². The Morgan fingerprint density at radius 1 is 1.29 bits per heavy atom. The number of rotatable bonds is 3. The van der Waals surface area contributed by atoms with Crippen LogP contribution >= 0.6 is 15.9 Å². The Bertz CT molecular complexity index is 522. The number of cyclic esters (lactones) is 1. The largest absolute Gasteiger partial charge is 0.464 e. The molecule has 92 valence electrons. The first kappa shape index (κ1) is 12.5.